The van der Waals surface area contributed by atoms with Crippen molar-refractivity contribution in [2.75, 3.05) is 13.4 Å². The molecule has 0 aliphatic carbocycles. The minimum atomic E-state index is -0.206. The first kappa shape index (κ1) is 18.9. The van der Waals surface area contributed by atoms with Crippen molar-refractivity contribution < 1.29 is 28.5 Å². The van der Waals surface area contributed by atoms with E-state index in [9.17, 15) is 9.59 Å². The second-order valence-corrected chi connectivity index (χ2v) is 7.20. The molecule has 0 saturated carbocycles. The number of fused-ring (bicyclic) bond motifs is 2. The maximum absolute atomic E-state index is 12.8. The summed E-state index contributed by atoms with van der Waals surface area (Å²) in [5, 5.41) is 0. The van der Waals surface area contributed by atoms with Gasteiger partial charge >= 0.3 is 0 Å². The first-order chi connectivity index (χ1) is 15.1. The molecule has 0 bridgehead atoms. The van der Waals surface area contributed by atoms with Crippen LogP contribution in [0.5, 0.6) is 23.0 Å². The topological polar surface area (TPSA) is 71.1 Å². The molecule has 0 aromatic heterocycles. The number of benzene rings is 3. The molecule has 6 nitrogen and oxygen atoms in total. The van der Waals surface area contributed by atoms with Crippen molar-refractivity contribution in [3.63, 3.8) is 0 Å². The molecule has 0 fully saturated rings. The normalized spacial score (nSPS) is 15.0. The van der Waals surface area contributed by atoms with Crippen LogP contribution in [-0.2, 0) is 0 Å². The number of rotatable bonds is 5. The molecule has 0 N–H and O–H groups in total. The Bertz CT molecular complexity index is 1230. The van der Waals surface area contributed by atoms with Gasteiger partial charge in [0.25, 0.3) is 0 Å². The van der Waals surface area contributed by atoms with Gasteiger partial charge in [-0.3, -0.25) is 9.59 Å². The number of hydrogen-bond donors (Lipinski definition) is 0. The molecule has 154 valence electrons. The Morgan fingerprint density at radius 2 is 1.84 bits per heavy atom. The predicted molar refractivity (Wildman–Crippen MR) is 113 cm³/mol. The highest BCUT2D eigenvalue weighted by Crippen LogP contribution is 2.40. The predicted octanol–water partition coefficient (Wildman–Crippen LogP) is 4.60. The van der Waals surface area contributed by atoms with Gasteiger partial charge in [-0.2, -0.15) is 0 Å². The van der Waals surface area contributed by atoms with Gasteiger partial charge in [0.05, 0.1) is 5.56 Å². The average Bonchev–Trinajstić information content (AvgIpc) is 3.38. The monoisotopic (exact) mass is 414 g/mol. The fourth-order valence-corrected chi connectivity index (χ4v) is 3.53. The van der Waals surface area contributed by atoms with Crippen molar-refractivity contribution in [1.82, 2.24) is 0 Å². The first-order valence-corrected chi connectivity index (χ1v) is 9.79. The zero-order valence-electron chi connectivity index (χ0n) is 16.7. The average molecular weight is 414 g/mol. The van der Waals surface area contributed by atoms with Gasteiger partial charge in [-0.1, -0.05) is 36.4 Å². The van der Waals surface area contributed by atoms with Gasteiger partial charge in [-0.05, 0) is 42.8 Å². The SMILES string of the molecule is Cc1c(OCC(=O)c2ccccc2)ccc2c1O/C(=C\c1ccc3c(c1)OCO3)C2=O. The molecule has 0 saturated heterocycles. The molecule has 3 aromatic carbocycles. The van der Waals surface area contributed by atoms with Crippen molar-refractivity contribution in [3.05, 3.63) is 88.7 Å². The van der Waals surface area contributed by atoms with Gasteiger partial charge in [0.1, 0.15) is 11.5 Å². The zero-order chi connectivity index (χ0) is 21.4. The summed E-state index contributed by atoms with van der Waals surface area (Å²) in [6.07, 6.45) is 1.67. The molecule has 5 rings (SSSR count). The zero-order valence-corrected chi connectivity index (χ0v) is 16.7. The Hall–Kier alpha value is -4.06. The fourth-order valence-electron chi connectivity index (χ4n) is 3.53. The quantitative estimate of drug-likeness (QED) is 0.449. The number of hydrogen-bond acceptors (Lipinski definition) is 6. The Balaban J connectivity index is 1.35. The van der Waals surface area contributed by atoms with E-state index in [1.54, 1.807) is 61.5 Å². The van der Waals surface area contributed by atoms with Crippen molar-refractivity contribution in [2.45, 2.75) is 6.92 Å². The highest BCUT2D eigenvalue weighted by molar-refractivity contribution is 6.15. The van der Waals surface area contributed by atoms with Crippen LogP contribution in [0.1, 0.15) is 31.8 Å². The Labute approximate surface area is 178 Å². The summed E-state index contributed by atoms with van der Waals surface area (Å²) >= 11 is 0. The molecule has 6 heteroatoms. The lowest BCUT2D eigenvalue weighted by atomic mass is 10.1. The summed E-state index contributed by atoms with van der Waals surface area (Å²) < 4.78 is 22.3. The Morgan fingerprint density at radius 1 is 1.03 bits per heavy atom. The molecule has 3 aromatic rings. The van der Waals surface area contributed by atoms with Crippen LogP contribution in [0.15, 0.2) is 66.4 Å². The largest absolute Gasteiger partial charge is 0.485 e. The lowest BCUT2D eigenvalue weighted by Crippen LogP contribution is -2.12. The highest BCUT2D eigenvalue weighted by Gasteiger charge is 2.30. The van der Waals surface area contributed by atoms with Gasteiger partial charge in [-0.25, -0.2) is 0 Å². The van der Waals surface area contributed by atoms with Gasteiger partial charge in [0.2, 0.25) is 12.6 Å². The van der Waals surface area contributed by atoms with Crippen LogP contribution in [-0.4, -0.2) is 25.0 Å². The third-order valence-corrected chi connectivity index (χ3v) is 5.19. The summed E-state index contributed by atoms with van der Waals surface area (Å²) in [5.74, 6) is 2.14. The molecule has 0 radical (unpaired) electrons. The summed E-state index contributed by atoms with van der Waals surface area (Å²) in [7, 11) is 0. The lowest BCUT2D eigenvalue weighted by Gasteiger charge is -2.11. The van der Waals surface area contributed by atoms with E-state index in [2.05, 4.69) is 0 Å². The van der Waals surface area contributed by atoms with E-state index in [1.807, 2.05) is 12.1 Å². The van der Waals surface area contributed by atoms with Crippen molar-refractivity contribution in [2.24, 2.45) is 0 Å². The van der Waals surface area contributed by atoms with E-state index in [0.29, 0.717) is 39.7 Å². The number of ether oxygens (including phenoxy) is 4. The van der Waals surface area contributed by atoms with Crippen molar-refractivity contribution in [1.29, 1.82) is 0 Å². The number of ketones is 2. The Morgan fingerprint density at radius 3 is 2.68 bits per heavy atom. The lowest BCUT2D eigenvalue weighted by molar-refractivity contribution is 0.0920. The van der Waals surface area contributed by atoms with E-state index >= 15 is 0 Å². The summed E-state index contributed by atoms with van der Waals surface area (Å²) in [6, 6.07) is 17.7. The molecule has 0 spiro atoms. The standard InChI is InChI=1S/C25H18O6/c1-15-20(28-13-19(26)17-5-3-2-4-6-17)10-8-18-24(27)23(31-25(15)18)12-16-7-9-21-22(11-16)30-14-29-21/h2-12H,13-14H2,1H3/b23-12-. The molecule has 0 unspecified atom stereocenters. The molecule has 0 atom stereocenters. The summed E-state index contributed by atoms with van der Waals surface area (Å²) in [4.78, 5) is 25.1. The van der Waals surface area contributed by atoms with Crippen LogP contribution in [0.4, 0.5) is 0 Å². The summed E-state index contributed by atoms with van der Waals surface area (Å²) in [6.45, 7) is 1.89. The van der Waals surface area contributed by atoms with Crippen LogP contribution in [0.25, 0.3) is 6.08 Å². The van der Waals surface area contributed by atoms with Gasteiger partial charge < -0.3 is 18.9 Å². The smallest absolute Gasteiger partial charge is 0.231 e. The number of carbonyl (C=O) groups excluding carboxylic acids is 2. The summed E-state index contributed by atoms with van der Waals surface area (Å²) in [5.41, 5.74) is 2.48. The Kier molecular flexibility index (Phi) is 4.67. The van der Waals surface area contributed by atoms with E-state index in [-0.39, 0.29) is 30.7 Å². The number of allylic oxidation sites excluding steroid dienone is 1. The van der Waals surface area contributed by atoms with Crippen molar-refractivity contribution >= 4 is 17.6 Å². The van der Waals surface area contributed by atoms with Crippen LogP contribution in [0.3, 0.4) is 0 Å². The second-order valence-electron chi connectivity index (χ2n) is 7.20. The third-order valence-electron chi connectivity index (χ3n) is 5.19. The van der Waals surface area contributed by atoms with Gasteiger partial charge in [0.15, 0.2) is 29.6 Å². The van der Waals surface area contributed by atoms with Crippen LogP contribution < -0.4 is 18.9 Å². The molecule has 2 heterocycles. The molecular weight excluding hydrogens is 396 g/mol. The molecule has 31 heavy (non-hydrogen) atoms. The van der Waals surface area contributed by atoms with E-state index in [0.717, 1.165) is 5.56 Å². The van der Waals surface area contributed by atoms with E-state index < -0.39 is 0 Å². The minimum absolute atomic E-state index is 0.0997. The van der Waals surface area contributed by atoms with Crippen LogP contribution in [0.2, 0.25) is 0 Å². The maximum atomic E-state index is 12.8. The minimum Gasteiger partial charge on any atom is -0.485 e. The number of carbonyl (C=O) groups is 2. The molecule has 0 amide bonds. The van der Waals surface area contributed by atoms with Crippen LogP contribution >= 0.6 is 0 Å². The van der Waals surface area contributed by atoms with E-state index in [1.165, 1.54) is 0 Å². The molecular formula is C25H18O6. The first-order valence-electron chi connectivity index (χ1n) is 9.79. The molecule has 2 aliphatic rings. The fraction of sp³-hybridized carbons (Fsp3) is 0.120. The van der Waals surface area contributed by atoms with E-state index in [4.69, 9.17) is 18.9 Å². The van der Waals surface area contributed by atoms with Gasteiger partial charge in [-0.15, -0.1) is 0 Å². The molecule has 2 aliphatic heterocycles. The van der Waals surface area contributed by atoms with Crippen LogP contribution in [0, 0.1) is 6.92 Å². The van der Waals surface area contributed by atoms with Gasteiger partial charge in [0, 0.05) is 11.1 Å². The second kappa shape index (κ2) is 7.65. The third kappa shape index (κ3) is 3.53. The highest BCUT2D eigenvalue weighted by atomic mass is 16.7. The van der Waals surface area contributed by atoms with Crippen molar-refractivity contribution in [3.8, 4) is 23.0 Å². The number of Topliss-reactive ketones (excluding diaryl/α,β-unsaturated/α-hetero) is 2. The maximum Gasteiger partial charge on any atom is 0.231 e.